The summed E-state index contributed by atoms with van der Waals surface area (Å²) in [7, 11) is 0. The summed E-state index contributed by atoms with van der Waals surface area (Å²) in [6, 6.07) is 0.746. The van der Waals surface area contributed by atoms with E-state index in [4.69, 9.17) is 11.6 Å². The average Bonchev–Trinajstić information content (AvgIpc) is 2.11. The van der Waals surface area contributed by atoms with E-state index in [0.717, 1.165) is 18.5 Å². The summed E-state index contributed by atoms with van der Waals surface area (Å²) < 4.78 is 0. The van der Waals surface area contributed by atoms with Crippen LogP contribution in [0.25, 0.3) is 0 Å². The summed E-state index contributed by atoms with van der Waals surface area (Å²) in [4.78, 5) is 2.54. The van der Waals surface area contributed by atoms with Crippen molar-refractivity contribution in [1.29, 1.82) is 0 Å². The molecule has 0 saturated carbocycles. The molecule has 0 aromatic heterocycles. The number of likely N-dealkylation sites (tertiary alicyclic amines) is 1. The summed E-state index contributed by atoms with van der Waals surface area (Å²) in [6.45, 7) is 6.97. The number of hydrogen-bond donors (Lipinski definition) is 0. The van der Waals surface area contributed by atoms with Crippen molar-refractivity contribution in [3.05, 3.63) is 12.2 Å². The third-order valence-corrected chi connectivity index (χ3v) is 3.02. The maximum Gasteiger partial charge on any atom is 0.0404 e. The minimum absolute atomic E-state index is 0.637. The quantitative estimate of drug-likeness (QED) is 0.502. The molecule has 0 aromatic carbocycles. The second kappa shape index (κ2) is 5.66. The van der Waals surface area contributed by atoms with Crippen molar-refractivity contribution >= 4 is 11.6 Å². The Morgan fingerprint density at radius 3 is 2.77 bits per heavy atom. The van der Waals surface area contributed by atoms with Crippen molar-refractivity contribution in [2.24, 2.45) is 5.92 Å². The van der Waals surface area contributed by atoms with Crippen molar-refractivity contribution in [3.8, 4) is 0 Å². The Morgan fingerprint density at radius 2 is 2.08 bits per heavy atom. The lowest BCUT2D eigenvalue weighted by molar-refractivity contribution is 0.140. The van der Waals surface area contributed by atoms with Gasteiger partial charge in [-0.3, -0.25) is 4.90 Å². The Labute approximate surface area is 86.8 Å². The topological polar surface area (TPSA) is 3.24 Å². The van der Waals surface area contributed by atoms with Gasteiger partial charge in [-0.15, -0.1) is 11.6 Å². The number of nitrogens with zero attached hydrogens (tertiary/aromatic N) is 1. The van der Waals surface area contributed by atoms with Crippen LogP contribution in [0.15, 0.2) is 12.2 Å². The van der Waals surface area contributed by atoms with E-state index in [1.807, 2.05) is 6.08 Å². The molecule has 1 heterocycles. The molecular weight excluding hydrogens is 182 g/mol. The highest BCUT2D eigenvalue weighted by molar-refractivity contribution is 6.18. The van der Waals surface area contributed by atoms with E-state index in [0.29, 0.717) is 5.88 Å². The summed E-state index contributed by atoms with van der Waals surface area (Å²) >= 11 is 5.58. The molecule has 0 spiro atoms. The van der Waals surface area contributed by atoms with Gasteiger partial charge in [-0.25, -0.2) is 0 Å². The molecule has 2 atom stereocenters. The SMILES string of the molecule is CC1CCC(C)N(CC=CCCl)C1. The van der Waals surface area contributed by atoms with Crippen LogP contribution >= 0.6 is 11.6 Å². The Morgan fingerprint density at radius 1 is 1.31 bits per heavy atom. The third-order valence-electron chi connectivity index (χ3n) is 2.84. The van der Waals surface area contributed by atoms with Crippen LogP contribution in [0.5, 0.6) is 0 Å². The summed E-state index contributed by atoms with van der Waals surface area (Å²) in [5.74, 6) is 1.50. The predicted octanol–water partition coefficient (Wildman–Crippen LogP) is 2.90. The van der Waals surface area contributed by atoms with Gasteiger partial charge in [0.05, 0.1) is 0 Å². The van der Waals surface area contributed by atoms with Crippen LogP contribution in [-0.2, 0) is 0 Å². The normalized spacial score (nSPS) is 31.3. The van der Waals surface area contributed by atoms with Crippen LogP contribution < -0.4 is 0 Å². The molecule has 0 amide bonds. The first-order valence-electron chi connectivity index (χ1n) is 5.19. The molecule has 0 bridgehead atoms. The van der Waals surface area contributed by atoms with E-state index in [9.17, 15) is 0 Å². The average molecular weight is 202 g/mol. The summed E-state index contributed by atoms with van der Waals surface area (Å²) in [5.41, 5.74) is 0. The molecule has 76 valence electrons. The number of allylic oxidation sites excluding steroid dienone is 1. The van der Waals surface area contributed by atoms with Gasteiger partial charge in [0, 0.05) is 25.0 Å². The zero-order valence-electron chi connectivity index (χ0n) is 8.67. The molecule has 1 rings (SSSR count). The highest BCUT2D eigenvalue weighted by Crippen LogP contribution is 2.20. The molecule has 1 nitrogen and oxygen atoms in total. The second-order valence-corrected chi connectivity index (χ2v) is 4.42. The fourth-order valence-electron chi connectivity index (χ4n) is 1.91. The van der Waals surface area contributed by atoms with E-state index < -0.39 is 0 Å². The molecular formula is C11H20ClN. The summed E-state index contributed by atoms with van der Waals surface area (Å²) in [6.07, 6.45) is 6.95. The number of alkyl halides is 1. The van der Waals surface area contributed by atoms with Gasteiger partial charge < -0.3 is 0 Å². The zero-order chi connectivity index (χ0) is 9.68. The highest BCUT2D eigenvalue weighted by atomic mass is 35.5. The standard InChI is InChI=1S/C11H20ClN/c1-10-5-6-11(2)13(9-10)8-4-3-7-12/h3-4,10-11H,5-9H2,1-2H3. The first-order chi connectivity index (χ1) is 6.24. The van der Waals surface area contributed by atoms with Gasteiger partial charge in [0.25, 0.3) is 0 Å². The van der Waals surface area contributed by atoms with Gasteiger partial charge in [0.15, 0.2) is 0 Å². The van der Waals surface area contributed by atoms with E-state index in [1.165, 1.54) is 19.4 Å². The van der Waals surface area contributed by atoms with Crippen molar-refractivity contribution in [3.63, 3.8) is 0 Å². The van der Waals surface area contributed by atoms with Crippen molar-refractivity contribution in [1.82, 2.24) is 4.90 Å². The minimum atomic E-state index is 0.637. The molecule has 0 radical (unpaired) electrons. The smallest absolute Gasteiger partial charge is 0.0404 e. The van der Waals surface area contributed by atoms with E-state index in [-0.39, 0.29) is 0 Å². The number of piperidine rings is 1. The number of halogens is 1. The van der Waals surface area contributed by atoms with Gasteiger partial charge in [0.1, 0.15) is 0 Å². The fraction of sp³-hybridized carbons (Fsp3) is 0.818. The molecule has 1 saturated heterocycles. The van der Waals surface area contributed by atoms with Gasteiger partial charge in [-0.1, -0.05) is 19.1 Å². The Balaban J connectivity index is 2.33. The van der Waals surface area contributed by atoms with E-state index >= 15 is 0 Å². The zero-order valence-corrected chi connectivity index (χ0v) is 9.43. The van der Waals surface area contributed by atoms with Crippen LogP contribution in [0.1, 0.15) is 26.7 Å². The Bertz CT molecular complexity index is 167. The van der Waals surface area contributed by atoms with Crippen LogP contribution in [0.3, 0.4) is 0 Å². The maximum atomic E-state index is 5.58. The Kier molecular flexibility index (Phi) is 4.82. The molecule has 1 fully saturated rings. The fourth-order valence-corrected chi connectivity index (χ4v) is 2.03. The Hall–Kier alpha value is -0.0100. The van der Waals surface area contributed by atoms with E-state index in [1.54, 1.807) is 0 Å². The molecule has 1 aliphatic rings. The molecule has 0 aromatic rings. The highest BCUT2D eigenvalue weighted by Gasteiger charge is 2.21. The third kappa shape index (κ3) is 3.70. The molecule has 13 heavy (non-hydrogen) atoms. The number of hydrogen-bond acceptors (Lipinski definition) is 1. The van der Waals surface area contributed by atoms with Crippen LogP contribution in [0, 0.1) is 5.92 Å². The van der Waals surface area contributed by atoms with Crippen molar-refractivity contribution in [2.75, 3.05) is 19.0 Å². The first-order valence-corrected chi connectivity index (χ1v) is 5.72. The largest absolute Gasteiger partial charge is 0.297 e. The van der Waals surface area contributed by atoms with Gasteiger partial charge in [0.2, 0.25) is 0 Å². The van der Waals surface area contributed by atoms with Crippen LogP contribution in [0.2, 0.25) is 0 Å². The lowest BCUT2D eigenvalue weighted by atomic mass is 9.95. The van der Waals surface area contributed by atoms with Crippen LogP contribution in [0.4, 0.5) is 0 Å². The predicted molar refractivity (Wildman–Crippen MR) is 59.3 cm³/mol. The van der Waals surface area contributed by atoms with Gasteiger partial charge >= 0.3 is 0 Å². The lowest BCUT2D eigenvalue weighted by Crippen LogP contribution is -2.40. The van der Waals surface area contributed by atoms with Crippen molar-refractivity contribution < 1.29 is 0 Å². The molecule has 0 aliphatic carbocycles. The van der Waals surface area contributed by atoms with Gasteiger partial charge in [-0.2, -0.15) is 0 Å². The van der Waals surface area contributed by atoms with E-state index in [2.05, 4.69) is 24.8 Å². The van der Waals surface area contributed by atoms with Crippen LogP contribution in [-0.4, -0.2) is 29.9 Å². The van der Waals surface area contributed by atoms with Crippen molar-refractivity contribution in [2.45, 2.75) is 32.7 Å². The number of rotatable bonds is 3. The lowest BCUT2D eigenvalue weighted by Gasteiger charge is -2.36. The maximum absolute atomic E-state index is 5.58. The summed E-state index contributed by atoms with van der Waals surface area (Å²) in [5, 5.41) is 0. The monoisotopic (exact) mass is 201 g/mol. The molecule has 1 aliphatic heterocycles. The minimum Gasteiger partial charge on any atom is -0.297 e. The molecule has 0 N–H and O–H groups in total. The second-order valence-electron chi connectivity index (χ2n) is 4.11. The molecule has 2 heteroatoms. The molecule has 2 unspecified atom stereocenters. The van der Waals surface area contributed by atoms with Gasteiger partial charge in [-0.05, 0) is 25.7 Å². The first kappa shape index (κ1) is 11.1.